The third kappa shape index (κ3) is 3.95. The average Bonchev–Trinajstić information content (AvgIpc) is 2.65. The van der Waals surface area contributed by atoms with Crippen molar-refractivity contribution in [1.29, 1.82) is 0 Å². The lowest BCUT2D eigenvalue weighted by Crippen LogP contribution is -2.07. The Morgan fingerprint density at radius 3 is 1.80 bits per heavy atom. The number of H-pyrrole nitrogens is 3. The zero-order chi connectivity index (χ0) is 11.1. The van der Waals surface area contributed by atoms with Crippen molar-refractivity contribution >= 4 is 6.08 Å². The van der Waals surface area contributed by atoms with Crippen molar-refractivity contribution in [2.75, 3.05) is 0 Å². The summed E-state index contributed by atoms with van der Waals surface area (Å²) in [6.07, 6.45) is 1.83. The van der Waals surface area contributed by atoms with Gasteiger partial charge in [-0.05, 0) is 5.56 Å². The van der Waals surface area contributed by atoms with Gasteiger partial charge in [0.1, 0.15) is 0 Å². The van der Waals surface area contributed by atoms with E-state index >= 15 is 0 Å². The fourth-order valence-electron chi connectivity index (χ4n) is 0.868. The predicted octanol–water partition coefficient (Wildman–Crippen LogP) is 0.721. The van der Waals surface area contributed by atoms with Crippen molar-refractivity contribution in [3.63, 3.8) is 0 Å². The molecule has 1 aromatic carbocycles. The number of rotatable bonds is 1. The van der Waals surface area contributed by atoms with E-state index in [4.69, 9.17) is 0 Å². The van der Waals surface area contributed by atoms with Crippen LogP contribution in [0.5, 0.6) is 0 Å². The van der Waals surface area contributed by atoms with E-state index in [1.807, 2.05) is 51.6 Å². The van der Waals surface area contributed by atoms with Crippen molar-refractivity contribution < 1.29 is 0 Å². The second-order valence-electron chi connectivity index (χ2n) is 2.65. The molecule has 2 aromatic rings. The summed E-state index contributed by atoms with van der Waals surface area (Å²) < 4.78 is 0. The standard InChI is InChI=1S/C8H8.C2H3N3O2/c1-2-8-6-4-3-5-7-8;6-1-3-2(7)5-4-1/h2-7H,1H2;(H3,3,4,5,6,7). The van der Waals surface area contributed by atoms with Gasteiger partial charge in [-0.15, -0.1) is 0 Å². The summed E-state index contributed by atoms with van der Waals surface area (Å²) in [5, 5.41) is 4.04. The van der Waals surface area contributed by atoms with Gasteiger partial charge in [0, 0.05) is 0 Å². The monoisotopic (exact) mass is 205 g/mol. The molecule has 0 bridgehead atoms. The first-order chi connectivity index (χ1) is 7.22. The van der Waals surface area contributed by atoms with Crippen molar-refractivity contribution in [3.8, 4) is 0 Å². The molecule has 3 N–H and O–H groups in total. The maximum absolute atomic E-state index is 9.95. The minimum atomic E-state index is -0.509. The van der Waals surface area contributed by atoms with E-state index in [0.29, 0.717) is 0 Å². The molecule has 15 heavy (non-hydrogen) atoms. The Bertz CT molecular complexity index is 482. The number of benzene rings is 1. The van der Waals surface area contributed by atoms with Gasteiger partial charge < -0.3 is 0 Å². The summed E-state index contributed by atoms with van der Waals surface area (Å²) >= 11 is 0. The van der Waals surface area contributed by atoms with Gasteiger partial charge in [0.05, 0.1) is 0 Å². The summed E-state index contributed by atoms with van der Waals surface area (Å²) in [7, 11) is 0. The normalized spacial score (nSPS) is 8.80. The van der Waals surface area contributed by atoms with Crippen molar-refractivity contribution in [3.05, 3.63) is 63.4 Å². The molecule has 78 valence electrons. The van der Waals surface area contributed by atoms with Crippen LogP contribution in [-0.4, -0.2) is 15.2 Å². The van der Waals surface area contributed by atoms with Gasteiger partial charge in [-0.2, -0.15) is 0 Å². The van der Waals surface area contributed by atoms with E-state index in [1.54, 1.807) is 0 Å². The van der Waals surface area contributed by atoms with E-state index < -0.39 is 11.4 Å². The fraction of sp³-hybridized carbons (Fsp3) is 0. The number of aromatic nitrogens is 3. The highest BCUT2D eigenvalue weighted by Crippen LogP contribution is 1.97. The molecule has 1 aromatic heterocycles. The highest BCUT2D eigenvalue weighted by atomic mass is 16.2. The van der Waals surface area contributed by atoms with Crippen molar-refractivity contribution in [1.82, 2.24) is 15.2 Å². The van der Waals surface area contributed by atoms with Gasteiger partial charge >= 0.3 is 11.4 Å². The zero-order valence-corrected chi connectivity index (χ0v) is 7.99. The highest BCUT2D eigenvalue weighted by Gasteiger charge is 1.79. The number of hydrogen-bond acceptors (Lipinski definition) is 2. The minimum absolute atomic E-state index is 0.509. The van der Waals surface area contributed by atoms with Crippen LogP contribution in [0.2, 0.25) is 0 Å². The zero-order valence-electron chi connectivity index (χ0n) is 7.99. The quantitative estimate of drug-likeness (QED) is 0.641. The smallest absolute Gasteiger partial charge is 0.257 e. The lowest BCUT2D eigenvalue weighted by Gasteiger charge is -1.85. The first-order valence-electron chi connectivity index (χ1n) is 4.27. The van der Waals surface area contributed by atoms with Crippen LogP contribution in [0.4, 0.5) is 0 Å². The van der Waals surface area contributed by atoms with E-state index in [9.17, 15) is 9.59 Å². The first kappa shape index (κ1) is 10.8. The second-order valence-corrected chi connectivity index (χ2v) is 2.65. The molecule has 5 nitrogen and oxygen atoms in total. The van der Waals surface area contributed by atoms with E-state index in [-0.39, 0.29) is 0 Å². The summed E-state index contributed by atoms with van der Waals surface area (Å²) in [5.74, 6) is 0. The molecule has 2 rings (SSSR count). The SMILES string of the molecule is C=Cc1ccccc1.O=c1[nH][nH]c(=O)[nH]1. The molecular weight excluding hydrogens is 194 g/mol. The lowest BCUT2D eigenvalue weighted by atomic mass is 10.2. The molecule has 0 amide bonds. The molecule has 0 aliphatic carbocycles. The highest BCUT2D eigenvalue weighted by molar-refractivity contribution is 5.45. The van der Waals surface area contributed by atoms with Crippen LogP contribution in [0.1, 0.15) is 5.56 Å². The third-order valence-corrected chi connectivity index (χ3v) is 1.55. The van der Waals surface area contributed by atoms with Gasteiger partial charge in [0.2, 0.25) is 0 Å². The number of nitrogens with one attached hydrogen (secondary N) is 3. The van der Waals surface area contributed by atoms with Crippen LogP contribution in [0, 0.1) is 0 Å². The van der Waals surface area contributed by atoms with Crippen LogP contribution in [0.15, 0.2) is 46.5 Å². The Kier molecular flexibility index (Phi) is 3.91. The Hall–Kier alpha value is -2.30. The Morgan fingerprint density at radius 2 is 1.53 bits per heavy atom. The van der Waals surface area contributed by atoms with Gasteiger partial charge in [0.25, 0.3) is 0 Å². The summed E-state index contributed by atoms with van der Waals surface area (Å²) in [5.41, 5.74) is 0.155. The molecule has 0 aliphatic rings. The second kappa shape index (κ2) is 5.43. The third-order valence-electron chi connectivity index (χ3n) is 1.55. The fourth-order valence-corrected chi connectivity index (χ4v) is 0.868. The maximum Gasteiger partial charge on any atom is 0.341 e. The topological polar surface area (TPSA) is 81.5 Å². The lowest BCUT2D eigenvalue weighted by molar-refractivity contribution is 1.03. The molecule has 0 saturated carbocycles. The molecular formula is C10H11N3O2. The molecule has 0 fully saturated rings. The Labute approximate surface area is 85.5 Å². The summed E-state index contributed by atoms with van der Waals surface area (Å²) in [6.45, 7) is 3.63. The van der Waals surface area contributed by atoms with E-state index in [2.05, 4.69) is 6.58 Å². The number of aromatic amines is 3. The average molecular weight is 205 g/mol. The Balaban J connectivity index is 0.000000151. The molecule has 0 radical (unpaired) electrons. The maximum atomic E-state index is 9.95. The van der Waals surface area contributed by atoms with E-state index in [0.717, 1.165) is 0 Å². The largest absolute Gasteiger partial charge is 0.341 e. The van der Waals surface area contributed by atoms with Gasteiger partial charge in [-0.25, -0.2) is 19.8 Å². The first-order valence-corrected chi connectivity index (χ1v) is 4.27. The van der Waals surface area contributed by atoms with Crippen LogP contribution >= 0.6 is 0 Å². The van der Waals surface area contributed by atoms with Crippen LogP contribution in [0.25, 0.3) is 6.08 Å². The Morgan fingerprint density at radius 1 is 1.00 bits per heavy atom. The molecule has 0 saturated heterocycles. The molecule has 1 heterocycles. The van der Waals surface area contributed by atoms with Gasteiger partial charge in [-0.1, -0.05) is 43.0 Å². The minimum Gasteiger partial charge on any atom is -0.257 e. The molecule has 5 heteroatoms. The van der Waals surface area contributed by atoms with Crippen molar-refractivity contribution in [2.24, 2.45) is 0 Å². The van der Waals surface area contributed by atoms with Crippen molar-refractivity contribution in [2.45, 2.75) is 0 Å². The number of hydrogen-bond donors (Lipinski definition) is 3. The predicted molar refractivity (Wildman–Crippen MR) is 58.6 cm³/mol. The van der Waals surface area contributed by atoms with Gasteiger partial charge in [0.15, 0.2) is 0 Å². The van der Waals surface area contributed by atoms with Crippen LogP contribution in [0.3, 0.4) is 0 Å². The molecule has 0 aliphatic heterocycles. The van der Waals surface area contributed by atoms with E-state index in [1.165, 1.54) is 5.56 Å². The van der Waals surface area contributed by atoms with Crippen LogP contribution < -0.4 is 11.4 Å². The summed E-state index contributed by atoms with van der Waals surface area (Å²) in [6, 6.07) is 10.0. The summed E-state index contributed by atoms with van der Waals surface area (Å²) in [4.78, 5) is 21.8. The molecule has 0 spiro atoms. The van der Waals surface area contributed by atoms with Crippen LogP contribution in [-0.2, 0) is 0 Å². The molecule has 0 unspecified atom stereocenters. The molecule has 0 atom stereocenters. The van der Waals surface area contributed by atoms with Gasteiger partial charge in [-0.3, -0.25) is 4.98 Å².